The summed E-state index contributed by atoms with van der Waals surface area (Å²) in [5, 5.41) is 8.67. The Bertz CT molecular complexity index is 388. The minimum absolute atomic E-state index is 0.426. The van der Waals surface area contributed by atoms with Crippen molar-refractivity contribution in [3.05, 3.63) is 29.3 Å². The van der Waals surface area contributed by atoms with E-state index in [1.807, 2.05) is 0 Å². The number of nitrogens with zero attached hydrogens (tertiary/aromatic N) is 2. The van der Waals surface area contributed by atoms with Gasteiger partial charge in [0.2, 0.25) is 0 Å². The van der Waals surface area contributed by atoms with Crippen molar-refractivity contribution < 1.29 is 0 Å². The van der Waals surface area contributed by atoms with Gasteiger partial charge in [-0.15, -0.1) is 0 Å². The third kappa shape index (κ3) is 3.00. The number of nitriles is 1. The molecule has 0 heterocycles. The van der Waals surface area contributed by atoms with Gasteiger partial charge in [-0.1, -0.05) is 6.07 Å². The zero-order valence-corrected chi connectivity index (χ0v) is 10.6. The van der Waals surface area contributed by atoms with Crippen molar-refractivity contribution in [3.63, 3.8) is 0 Å². The van der Waals surface area contributed by atoms with Gasteiger partial charge in [0.1, 0.15) is 0 Å². The van der Waals surface area contributed by atoms with Gasteiger partial charge < -0.3 is 4.90 Å². The number of hydrogen-bond donors (Lipinski definition) is 0. The predicted octanol–water partition coefficient (Wildman–Crippen LogP) is 3.43. The van der Waals surface area contributed by atoms with Crippen molar-refractivity contribution in [1.29, 1.82) is 5.26 Å². The van der Waals surface area contributed by atoms with E-state index in [0.29, 0.717) is 12.5 Å². The van der Waals surface area contributed by atoms with Gasteiger partial charge in [-0.3, -0.25) is 0 Å². The maximum atomic E-state index is 8.67. The highest BCUT2D eigenvalue weighted by Crippen LogP contribution is 2.20. The van der Waals surface area contributed by atoms with Crippen molar-refractivity contribution in [2.75, 3.05) is 11.4 Å². The molecule has 0 fully saturated rings. The summed E-state index contributed by atoms with van der Waals surface area (Å²) < 4.78 is 0. The number of benzene rings is 1. The van der Waals surface area contributed by atoms with E-state index in [1.165, 1.54) is 16.8 Å². The Balaban J connectivity index is 2.93. The van der Waals surface area contributed by atoms with E-state index in [9.17, 15) is 0 Å². The molecule has 2 heteroatoms. The van der Waals surface area contributed by atoms with Crippen molar-refractivity contribution >= 4 is 5.69 Å². The summed E-state index contributed by atoms with van der Waals surface area (Å²) in [6.45, 7) is 9.37. The lowest BCUT2D eigenvalue weighted by atomic mass is 10.1. The van der Waals surface area contributed by atoms with Gasteiger partial charge in [0.15, 0.2) is 0 Å². The zero-order valence-electron chi connectivity index (χ0n) is 10.6. The predicted molar refractivity (Wildman–Crippen MR) is 68.6 cm³/mol. The first kappa shape index (κ1) is 12.6. The zero-order chi connectivity index (χ0) is 12.1. The molecule has 0 saturated heterocycles. The van der Waals surface area contributed by atoms with Crippen LogP contribution in [0.15, 0.2) is 18.2 Å². The van der Waals surface area contributed by atoms with E-state index in [2.05, 4.69) is 56.9 Å². The molecule has 0 unspecified atom stereocenters. The van der Waals surface area contributed by atoms with Crippen molar-refractivity contribution in [3.8, 4) is 6.07 Å². The Morgan fingerprint density at radius 1 is 1.25 bits per heavy atom. The van der Waals surface area contributed by atoms with Gasteiger partial charge in [-0.25, -0.2) is 0 Å². The lowest BCUT2D eigenvalue weighted by molar-refractivity contribution is 0.686. The number of hydrogen-bond acceptors (Lipinski definition) is 2. The van der Waals surface area contributed by atoms with Crippen LogP contribution in [0.1, 0.15) is 31.4 Å². The van der Waals surface area contributed by atoms with E-state index in [1.54, 1.807) is 0 Å². The molecular weight excluding hydrogens is 196 g/mol. The third-order valence-electron chi connectivity index (χ3n) is 2.91. The van der Waals surface area contributed by atoms with Crippen molar-refractivity contribution in [2.24, 2.45) is 0 Å². The molecule has 0 aromatic heterocycles. The minimum Gasteiger partial charge on any atom is -0.368 e. The molecule has 0 bridgehead atoms. The van der Waals surface area contributed by atoms with Crippen LogP contribution in [0.5, 0.6) is 0 Å². The average molecular weight is 216 g/mol. The summed E-state index contributed by atoms with van der Waals surface area (Å²) in [4.78, 5) is 2.27. The van der Waals surface area contributed by atoms with Gasteiger partial charge in [0.25, 0.3) is 0 Å². The second-order valence-electron chi connectivity index (χ2n) is 4.46. The van der Waals surface area contributed by atoms with Gasteiger partial charge in [0.05, 0.1) is 12.5 Å². The number of rotatable bonds is 4. The van der Waals surface area contributed by atoms with Crippen LogP contribution in [-0.4, -0.2) is 12.6 Å². The van der Waals surface area contributed by atoms with Gasteiger partial charge in [-0.2, -0.15) is 5.26 Å². The molecule has 1 aromatic carbocycles. The summed E-state index contributed by atoms with van der Waals surface area (Å²) in [6.07, 6.45) is 0.575. The molecule has 0 aliphatic heterocycles. The maximum absolute atomic E-state index is 8.67. The maximum Gasteiger partial charge on any atom is 0.0640 e. The quantitative estimate of drug-likeness (QED) is 0.771. The second-order valence-corrected chi connectivity index (χ2v) is 4.46. The molecule has 2 nitrogen and oxygen atoms in total. The van der Waals surface area contributed by atoms with Gasteiger partial charge >= 0.3 is 0 Å². The van der Waals surface area contributed by atoms with Crippen LogP contribution in [0.3, 0.4) is 0 Å². The molecule has 0 atom stereocenters. The molecule has 0 radical (unpaired) electrons. The summed E-state index contributed by atoms with van der Waals surface area (Å²) >= 11 is 0. The standard InChI is InChI=1S/C14H20N2/c1-11(2)16(9-5-8-15)14-7-6-12(3)13(4)10-14/h6-7,10-11H,5,9H2,1-4H3. The fourth-order valence-electron chi connectivity index (χ4n) is 1.76. The van der Waals surface area contributed by atoms with E-state index >= 15 is 0 Å². The number of aryl methyl sites for hydroxylation is 2. The first-order valence-corrected chi connectivity index (χ1v) is 5.77. The normalized spacial score (nSPS) is 10.2. The lowest BCUT2D eigenvalue weighted by Crippen LogP contribution is -2.31. The highest BCUT2D eigenvalue weighted by molar-refractivity contribution is 5.51. The van der Waals surface area contributed by atoms with E-state index in [0.717, 1.165) is 6.54 Å². The minimum atomic E-state index is 0.426. The van der Waals surface area contributed by atoms with Crippen molar-refractivity contribution in [1.82, 2.24) is 0 Å². The topological polar surface area (TPSA) is 27.0 Å². The Morgan fingerprint density at radius 3 is 2.44 bits per heavy atom. The molecule has 0 N–H and O–H groups in total. The highest BCUT2D eigenvalue weighted by atomic mass is 15.1. The molecule has 0 aliphatic carbocycles. The van der Waals surface area contributed by atoms with Crippen LogP contribution in [0.4, 0.5) is 5.69 Å². The second kappa shape index (κ2) is 5.55. The Hall–Kier alpha value is -1.49. The van der Waals surface area contributed by atoms with E-state index in [4.69, 9.17) is 5.26 Å². The molecule has 0 saturated carbocycles. The molecular formula is C14H20N2. The van der Waals surface area contributed by atoms with Crippen LogP contribution < -0.4 is 4.90 Å². The highest BCUT2D eigenvalue weighted by Gasteiger charge is 2.10. The summed E-state index contributed by atoms with van der Waals surface area (Å²) in [6, 6.07) is 9.12. The van der Waals surface area contributed by atoms with Crippen molar-refractivity contribution in [2.45, 2.75) is 40.2 Å². The SMILES string of the molecule is Cc1ccc(N(CCC#N)C(C)C)cc1C. The van der Waals surface area contributed by atoms with Gasteiger partial charge in [-0.05, 0) is 51.0 Å². The van der Waals surface area contributed by atoms with Crippen LogP contribution in [-0.2, 0) is 0 Å². The fourth-order valence-corrected chi connectivity index (χ4v) is 1.76. The fraction of sp³-hybridized carbons (Fsp3) is 0.500. The average Bonchev–Trinajstić information content (AvgIpc) is 2.23. The first-order chi connectivity index (χ1) is 7.56. The van der Waals surface area contributed by atoms with Crippen LogP contribution in [0.2, 0.25) is 0 Å². The molecule has 1 rings (SSSR count). The summed E-state index contributed by atoms with van der Waals surface area (Å²) in [5.41, 5.74) is 3.83. The summed E-state index contributed by atoms with van der Waals surface area (Å²) in [7, 11) is 0. The van der Waals surface area contributed by atoms with Crippen LogP contribution in [0.25, 0.3) is 0 Å². The Labute approximate surface area is 98.5 Å². The van der Waals surface area contributed by atoms with E-state index < -0.39 is 0 Å². The summed E-state index contributed by atoms with van der Waals surface area (Å²) in [5.74, 6) is 0. The molecule has 0 spiro atoms. The number of anilines is 1. The largest absolute Gasteiger partial charge is 0.368 e. The molecule has 0 aliphatic rings. The molecule has 0 amide bonds. The van der Waals surface area contributed by atoms with E-state index in [-0.39, 0.29) is 0 Å². The molecule has 1 aromatic rings. The van der Waals surface area contributed by atoms with Crippen LogP contribution >= 0.6 is 0 Å². The smallest absolute Gasteiger partial charge is 0.0640 e. The Morgan fingerprint density at radius 2 is 1.94 bits per heavy atom. The molecule has 86 valence electrons. The monoisotopic (exact) mass is 216 g/mol. The molecule has 16 heavy (non-hydrogen) atoms. The first-order valence-electron chi connectivity index (χ1n) is 5.77. The third-order valence-corrected chi connectivity index (χ3v) is 2.91. The van der Waals surface area contributed by atoms with Gasteiger partial charge in [0, 0.05) is 18.3 Å². The lowest BCUT2D eigenvalue weighted by Gasteiger charge is -2.28. The Kier molecular flexibility index (Phi) is 4.37. The van der Waals surface area contributed by atoms with Crippen LogP contribution in [0, 0.1) is 25.2 Å².